The van der Waals surface area contributed by atoms with Crippen molar-refractivity contribution < 1.29 is 10.2 Å². The molecule has 0 spiro atoms. The third-order valence-corrected chi connectivity index (χ3v) is 2.78. The Morgan fingerprint density at radius 1 is 1.00 bits per heavy atom. The molecule has 0 heterocycles. The summed E-state index contributed by atoms with van der Waals surface area (Å²) in [4.78, 5) is 0. The van der Waals surface area contributed by atoms with Gasteiger partial charge in [0.05, 0.1) is 0 Å². The first-order chi connectivity index (χ1) is 8.16. The number of phenolic OH excluding ortho intramolecular Hbond substituents is 2. The van der Waals surface area contributed by atoms with Crippen LogP contribution in [0.3, 0.4) is 0 Å². The Bertz CT molecular complexity index is 491. The predicted molar refractivity (Wildman–Crippen MR) is 68.6 cm³/mol. The molecule has 0 aliphatic rings. The zero-order valence-corrected chi connectivity index (χ0v) is 9.78. The third kappa shape index (κ3) is 2.82. The molecule has 88 valence electrons. The highest BCUT2D eigenvalue weighted by Crippen LogP contribution is 2.26. The number of rotatable bonds is 3. The van der Waals surface area contributed by atoms with Crippen LogP contribution in [0.25, 0.3) is 0 Å². The van der Waals surface area contributed by atoms with E-state index in [1.54, 1.807) is 42.5 Å². The molecule has 2 rings (SSSR count). The van der Waals surface area contributed by atoms with Gasteiger partial charge in [0, 0.05) is 22.8 Å². The highest BCUT2D eigenvalue weighted by molar-refractivity contribution is 6.31. The van der Waals surface area contributed by atoms with Crippen LogP contribution in [0.5, 0.6) is 11.5 Å². The van der Waals surface area contributed by atoms with Crippen LogP contribution in [-0.4, -0.2) is 10.2 Å². The lowest BCUT2D eigenvalue weighted by molar-refractivity contribution is 0.469. The summed E-state index contributed by atoms with van der Waals surface area (Å²) < 4.78 is 0. The molecule has 0 amide bonds. The van der Waals surface area contributed by atoms with E-state index in [2.05, 4.69) is 5.32 Å². The van der Waals surface area contributed by atoms with E-state index >= 15 is 0 Å². The van der Waals surface area contributed by atoms with E-state index in [9.17, 15) is 5.11 Å². The Labute approximate surface area is 104 Å². The molecule has 0 saturated carbocycles. The molecule has 17 heavy (non-hydrogen) atoms. The average molecular weight is 250 g/mol. The van der Waals surface area contributed by atoms with Gasteiger partial charge in [0.1, 0.15) is 11.5 Å². The van der Waals surface area contributed by atoms with Crippen molar-refractivity contribution in [2.45, 2.75) is 6.54 Å². The summed E-state index contributed by atoms with van der Waals surface area (Å²) in [6.07, 6.45) is 0. The Balaban J connectivity index is 2.10. The van der Waals surface area contributed by atoms with Crippen molar-refractivity contribution in [2.24, 2.45) is 0 Å². The Kier molecular flexibility index (Phi) is 3.40. The summed E-state index contributed by atoms with van der Waals surface area (Å²) in [6.45, 7) is 0.427. The number of hydrogen-bond acceptors (Lipinski definition) is 3. The van der Waals surface area contributed by atoms with Crippen molar-refractivity contribution in [2.75, 3.05) is 5.32 Å². The largest absolute Gasteiger partial charge is 0.508 e. The summed E-state index contributed by atoms with van der Waals surface area (Å²) >= 11 is 5.98. The lowest BCUT2D eigenvalue weighted by Gasteiger charge is -2.09. The molecular formula is C13H12ClNO2. The smallest absolute Gasteiger partial charge is 0.122 e. The van der Waals surface area contributed by atoms with Gasteiger partial charge >= 0.3 is 0 Å². The molecule has 2 aromatic carbocycles. The first-order valence-corrected chi connectivity index (χ1v) is 5.54. The zero-order valence-electron chi connectivity index (χ0n) is 9.02. The van der Waals surface area contributed by atoms with Crippen molar-refractivity contribution in [1.82, 2.24) is 0 Å². The maximum atomic E-state index is 9.65. The normalized spacial score (nSPS) is 10.2. The number of hydrogen-bond donors (Lipinski definition) is 3. The molecule has 0 radical (unpaired) electrons. The number of phenols is 2. The fraction of sp³-hybridized carbons (Fsp3) is 0.0769. The van der Waals surface area contributed by atoms with Gasteiger partial charge in [-0.25, -0.2) is 0 Å². The van der Waals surface area contributed by atoms with Crippen molar-refractivity contribution in [3.63, 3.8) is 0 Å². The molecule has 3 nitrogen and oxygen atoms in total. The van der Waals surface area contributed by atoms with Gasteiger partial charge in [-0.2, -0.15) is 0 Å². The van der Waals surface area contributed by atoms with Crippen LogP contribution in [0.2, 0.25) is 5.02 Å². The summed E-state index contributed by atoms with van der Waals surface area (Å²) in [7, 11) is 0. The Morgan fingerprint density at radius 3 is 2.35 bits per heavy atom. The highest BCUT2D eigenvalue weighted by Gasteiger charge is 2.05. The van der Waals surface area contributed by atoms with E-state index in [1.807, 2.05) is 0 Å². The summed E-state index contributed by atoms with van der Waals surface area (Å²) in [5.41, 5.74) is 1.50. The van der Waals surface area contributed by atoms with Crippen LogP contribution < -0.4 is 5.32 Å². The first-order valence-electron chi connectivity index (χ1n) is 5.16. The number of anilines is 1. The van der Waals surface area contributed by atoms with Crippen molar-refractivity contribution in [3.05, 3.63) is 53.1 Å². The molecule has 0 aromatic heterocycles. The van der Waals surface area contributed by atoms with Gasteiger partial charge < -0.3 is 15.5 Å². The van der Waals surface area contributed by atoms with Gasteiger partial charge in [0.15, 0.2) is 0 Å². The second-order valence-corrected chi connectivity index (χ2v) is 4.05. The molecule has 0 fully saturated rings. The minimum Gasteiger partial charge on any atom is -0.508 e. The lowest BCUT2D eigenvalue weighted by Crippen LogP contribution is -2.00. The SMILES string of the molecule is Oc1ccc(NCc2c(O)cccc2Cl)cc1. The second-order valence-electron chi connectivity index (χ2n) is 3.64. The molecule has 0 bridgehead atoms. The van der Waals surface area contributed by atoms with Crippen LogP contribution >= 0.6 is 11.6 Å². The standard InChI is InChI=1S/C13H12ClNO2/c14-12-2-1-3-13(17)11(12)8-15-9-4-6-10(16)7-5-9/h1-7,15-17H,8H2. The predicted octanol–water partition coefficient (Wildman–Crippen LogP) is 3.36. The van der Waals surface area contributed by atoms with E-state index in [-0.39, 0.29) is 11.5 Å². The molecule has 3 N–H and O–H groups in total. The van der Waals surface area contributed by atoms with Crippen LogP contribution in [-0.2, 0) is 6.54 Å². The maximum absolute atomic E-state index is 9.65. The molecule has 4 heteroatoms. The van der Waals surface area contributed by atoms with Gasteiger partial charge in [-0.05, 0) is 36.4 Å². The minimum absolute atomic E-state index is 0.170. The van der Waals surface area contributed by atoms with Gasteiger partial charge in [0.2, 0.25) is 0 Å². The summed E-state index contributed by atoms with van der Waals surface area (Å²) in [6, 6.07) is 11.7. The van der Waals surface area contributed by atoms with E-state index in [0.29, 0.717) is 17.1 Å². The van der Waals surface area contributed by atoms with E-state index in [0.717, 1.165) is 5.69 Å². The second kappa shape index (κ2) is 4.97. The van der Waals surface area contributed by atoms with Crippen molar-refractivity contribution >= 4 is 17.3 Å². The molecule has 0 aliphatic carbocycles. The highest BCUT2D eigenvalue weighted by atomic mass is 35.5. The van der Waals surface area contributed by atoms with E-state index in [4.69, 9.17) is 16.7 Å². The monoisotopic (exact) mass is 249 g/mol. The lowest BCUT2D eigenvalue weighted by atomic mass is 10.2. The topological polar surface area (TPSA) is 52.5 Å². The summed E-state index contributed by atoms with van der Waals surface area (Å²) in [5, 5.41) is 22.4. The quantitative estimate of drug-likeness (QED) is 0.731. The number of benzene rings is 2. The molecule has 2 aromatic rings. The van der Waals surface area contributed by atoms with Crippen LogP contribution in [0, 0.1) is 0 Å². The number of aromatic hydroxyl groups is 2. The molecule has 0 unspecified atom stereocenters. The summed E-state index contributed by atoms with van der Waals surface area (Å²) in [5.74, 6) is 0.389. The van der Waals surface area contributed by atoms with Crippen molar-refractivity contribution in [1.29, 1.82) is 0 Å². The Hall–Kier alpha value is -1.87. The Morgan fingerprint density at radius 2 is 1.71 bits per heavy atom. The number of halogens is 1. The maximum Gasteiger partial charge on any atom is 0.122 e. The third-order valence-electron chi connectivity index (χ3n) is 2.43. The van der Waals surface area contributed by atoms with Gasteiger partial charge in [0.25, 0.3) is 0 Å². The van der Waals surface area contributed by atoms with Crippen molar-refractivity contribution in [3.8, 4) is 11.5 Å². The average Bonchev–Trinajstić information content (AvgIpc) is 2.31. The van der Waals surface area contributed by atoms with Crippen LogP contribution in [0.15, 0.2) is 42.5 Å². The van der Waals surface area contributed by atoms with Gasteiger partial charge in [-0.15, -0.1) is 0 Å². The van der Waals surface area contributed by atoms with E-state index in [1.165, 1.54) is 0 Å². The first kappa shape index (κ1) is 11.6. The molecular weight excluding hydrogens is 238 g/mol. The van der Waals surface area contributed by atoms with Gasteiger partial charge in [-0.3, -0.25) is 0 Å². The van der Waals surface area contributed by atoms with Gasteiger partial charge in [-0.1, -0.05) is 17.7 Å². The fourth-order valence-corrected chi connectivity index (χ4v) is 1.73. The number of nitrogens with one attached hydrogen (secondary N) is 1. The zero-order chi connectivity index (χ0) is 12.3. The molecule has 0 atom stereocenters. The molecule has 0 aliphatic heterocycles. The molecule has 0 saturated heterocycles. The van der Waals surface area contributed by atoms with Crippen LogP contribution in [0.4, 0.5) is 5.69 Å². The van der Waals surface area contributed by atoms with E-state index < -0.39 is 0 Å². The minimum atomic E-state index is 0.170. The van der Waals surface area contributed by atoms with Crippen LogP contribution in [0.1, 0.15) is 5.56 Å². The fourth-order valence-electron chi connectivity index (χ4n) is 1.49.